The van der Waals surface area contributed by atoms with Gasteiger partial charge in [0.1, 0.15) is 17.7 Å². The van der Waals surface area contributed by atoms with Crippen molar-refractivity contribution < 1.29 is 23.1 Å². The third kappa shape index (κ3) is 5.42. The summed E-state index contributed by atoms with van der Waals surface area (Å²) in [4.78, 5) is 43.4. The van der Waals surface area contributed by atoms with Crippen molar-refractivity contribution in [1.29, 1.82) is 0 Å². The van der Waals surface area contributed by atoms with Crippen molar-refractivity contribution in [1.82, 2.24) is 35.5 Å². The van der Waals surface area contributed by atoms with Crippen LogP contribution in [0.3, 0.4) is 0 Å². The van der Waals surface area contributed by atoms with Crippen molar-refractivity contribution in [2.24, 2.45) is 5.92 Å². The Bertz CT molecular complexity index is 2120. The second kappa shape index (κ2) is 12.3. The highest BCUT2D eigenvalue weighted by molar-refractivity contribution is 5.88. The molecular formula is C38H39F2N7O3. The summed E-state index contributed by atoms with van der Waals surface area (Å²) in [6.45, 7) is 5.25. The summed E-state index contributed by atoms with van der Waals surface area (Å²) in [5.74, 6) is -2.01. The maximum atomic E-state index is 16.2. The minimum absolute atomic E-state index is 0.0110. The molecule has 3 atom stereocenters. The Morgan fingerprint density at radius 3 is 2.38 bits per heavy atom. The summed E-state index contributed by atoms with van der Waals surface area (Å²) < 4.78 is 37.1. The summed E-state index contributed by atoms with van der Waals surface area (Å²) in [6.07, 6.45) is 4.68. The molecule has 1 aliphatic carbocycles. The molecule has 258 valence electrons. The van der Waals surface area contributed by atoms with Gasteiger partial charge in [0, 0.05) is 23.2 Å². The second-order valence-electron chi connectivity index (χ2n) is 13.8. The summed E-state index contributed by atoms with van der Waals surface area (Å²) in [7, 11) is 1.27. The third-order valence-electron chi connectivity index (χ3n) is 10.4. The average molecular weight is 680 g/mol. The number of H-pyrrole nitrogens is 2. The highest BCUT2D eigenvalue weighted by atomic mass is 19.3. The van der Waals surface area contributed by atoms with E-state index in [9.17, 15) is 9.59 Å². The van der Waals surface area contributed by atoms with Gasteiger partial charge in [-0.25, -0.2) is 14.8 Å². The predicted octanol–water partition coefficient (Wildman–Crippen LogP) is 7.21. The number of nitrogens with one attached hydrogen (secondary N) is 4. The number of likely N-dealkylation sites (tertiary alicyclic amines) is 1. The van der Waals surface area contributed by atoms with Gasteiger partial charge >= 0.3 is 6.09 Å². The molecule has 0 spiro atoms. The Balaban J connectivity index is 1.05. The lowest BCUT2D eigenvalue weighted by atomic mass is 9.98. The zero-order valence-electron chi connectivity index (χ0n) is 28.1. The van der Waals surface area contributed by atoms with Crippen molar-refractivity contribution in [3.8, 4) is 33.5 Å². The van der Waals surface area contributed by atoms with Crippen LogP contribution in [0, 0.1) is 5.92 Å². The lowest BCUT2D eigenvalue weighted by Crippen LogP contribution is -2.51. The van der Waals surface area contributed by atoms with E-state index in [0.29, 0.717) is 40.1 Å². The average Bonchev–Trinajstić information content (AvgIpc) is 3.96. The molecule has 4 heterocycles. The Labute approximate surface area is 288 Å². The molecule has 2 saturated heterocycles. The number of nitrogens with zero attached hydrogens (tertiary/aromatic N) is 3. The second-order valence-corrected chi connectivity index (χ2v) is 13.8. The molecule has 0 saturated carbocycles. The van der Waals surface area contributed by atoms with Gasteiger partial charge in [-0.15, -0.1) is 0 Å². The molecule has 3 aromatic carbocycles. The number of methoxy groups -OCH3 is 1. The van der Waals surface area contributed by atoms with Crippen LogP contribution < -0.4 is 10.6 Å². The lowest BCUT2D eigenvalue weighted by molar-refractivity contribution is -0.135. The number of aromatic amines is 2. The van der Waals surface area contributed by atoms with E-state index in [2.05, 4.69) is 25.6 Å². The fourth-order valence-corrected chi connectivity index (χ4v) is 7.71. The summed E-state index contributed by atoms with van der Waals surface area (Å²) in [5, 5.41) is 6.09. The summed E-state index contributed by atoms with van der Waals surface area (Å²) >= 11 is 0. The number of amides is 2. The van der Waals surface area contributed by atoms with Crippen LogP contribution in [0.1, 0.15) is 74.4 Å². The minimum atomic E-state index is -3.17. The van der Waals surface area contributed by atoms with Gasteiger partial charge in [-0.3, -0.25) is 4.79 Å². The van der Waals surface area contributed by atoms with Crippen molar-refractivity contribution in [3.63, 3.8) is 0 Å². The van der Waals surface area contributed by atoms with Crippen molar-refractivity contribution >= 4 is 23.0 Å². The van der Waals surface area contributed by atoms with Gasteiger partial charge < -0.3 is 30.2 Å². The first-order valence-electron chi connectivity index (χ1n) is 17.2. The first-order valence-corrected chi connectivity index (χ1v) is 17.2. The number of carbonyl (C=O) groups is 2. The van der Waals surface area contributed by atoms with Gasteiger partial charge in [0.15, 0.2) is 0 Å². The number of imidazole rings is 2. The van der Waals surface area contributed by atoms with Gasteiger partial charge in [0.2, 0.25) is 5.91 Å². The van der Waals surface area contributed by atoms with Crippen LogP contribution in [0.25, 0.3) is 44.5 Å². The SMILES string of the molecule is COC(=O)NC(C(=O)N1CCC[C@H]1c1nc2ccc(-c3ccc4c(c3)C(F)(F)c3cc(-c5cnc([C@@H]6CCCN6)[nH]5)ccc3-4)cc2[nH]1)C(C)C. The van der Waals surface area contributed by atoms with Crippen molar-refractivity contribution in [2.45, 2.75) is 63.6 Å². The van der Waals surface area contributed by atoms with Crippen molar-refractivity contribution in [2.75, 3.05) is 20.2 Å². The minimum Gasteiger partial charge on any atom is -0.453 e. The molecule has 8 rings (SSSR count). The molecule has 2 amide bonds. The number of alkyl carbamates (subject to hydrolysis) is 1. The smallest absolute Gasteiger partial charge is 0.407 e. The van der Waals surface area contributed by atoms with Gasteiger partial charge in [0.05, 0.1) is 42.1 Å². The number of rotatable bonds is 7. The molecule has 0 bridgehead atoms. The van der Waals surface area contributed by atoms with Crippen LogP contribution in [0.4, 0.5) is 13.6 Å². The van der Waals surface area contributed by atoms with Crippen LogP contribution in [-0.4, -0.2) is 63.1 Å². The number of carbonyl (C=O) groups excluding carboxylic acids is 2. The lowest BCUT2D eigenvalue weighted by Gasteiger charge is -2.29. The molecule has 0 radical (unpaired) electrons. The van der Waals surface area contributed by atoms with Crippen LogP contribution in [0.2, 0.25) is 0 Å². The standard InChI is InChI=1S/C38H39F2N7O3/c1-20(2)33(46-37(49)50-3)36(48)47-15-5-7-32(47)35-43-28-13-10-22(18-30(28)44-35)21-8-11-24-25-12-9-23(17-27(25)38(39,40)26(24)16-21)31-19-42-34(45-31)29-6-4-14-41-29/h8-13,16-20,29,32-33,41H,4-7,14-15H2,1-3H3,(H,42,45)(H,43,44)(H,46,49)/t29-,32-,33?/m0/s1. The number of hydrogen-bond acceptors (Lipinski definition) is 6. The molecule has 1 unspecified atom stereocenters. The van der Waals surface area contributed by atoms with E-state index in [-0.39, 0.29) is 35.0 Å². The Morgan fingerprint density at radius 2 is 1.66 bits per heavy atom. The number of alkyl halides is 2. The normalized spacial score (nSPS) is 19.9. The number of benzene rings is 3. The number of fused-ring (bicyclic) bond motifs is 4. The fraction of sp³-hybridized carbons (Fsp3) is 0.368. The molecule has 2 fully saturated rings. The van der Waals surface area contributed by atoms with E-state index in [0.717, 1.165) is 54.8 Å². The highest BCUT2D eigenvalue weighted by Crippen LogP contribution is 2.52. The van der Waals surface area contributed by atoms with Crippen LogP contribution in [-0.2, 0) is 15.5 Å². The summed E-state index contributed by atoms with van der Waals surface area (Å²) in [5.41, 5.74) is 5.33. The number of ether oxygens (including phenoxy) is 1. The fourth-order valence-electron chi connectivity index (χ4n) is 7.71. The zero-order chi connectivity index (χ0) is 34.7. The Morgan fingerprint density at radius 1 is 0.940 bits per heavy atom. The molecule has 12 heteroatoms. The molecule has 3 aliphatic rings. The quantitative estimate of drug-likeness (QED) is 0.144. The van der Waals surface area contributed by atoms with E-state index in [1.165, 1.54) is 7.11 Å². The molecule has 2 aromatic heterocycles. The van der Waals surface area contributed by atoms with Gasteiger partial charge in [-0.1, -0.05) is 44.2 Å². The summed E-state index contributed by atoms with van der Waals surface area (Å²) in [6, 6.07) is 15.3. The predicted molar refractivity (Wildman–Crippen MR) is 185 cm³/mol. The number of hydrogen-bond donors (Lipinski definition) is 4. The molecule has 4 N–H and O–H groups in total. The van der Waals surface area contributed by atoms with E-state index in [4.69, 9.17) is 9.72 Å². The molecular weight excluding hydrogens is 640 g/mol. The van der Waals surface area contributed by atoms with E-state index < -0.39 is 18.1 Å². The third-order valence-corrected chi connectivity index (χ3v) is 10.4. The molecule has 5 aromatic rings. The molecule has 10 nitrogen and oxygen atoms in total. The van der Waals surface area contributed by atoms with Gasteiger partial charge in [0.25, 0.3) is 5.92 Å². The van der Waals surface area contributed by atoms with Crippen LogP contribution >= 0.6 is 0 Å². The maximum Gasteiger partial charge on any atom is 0.407 e. The largest absolute Gasteiger partial charge is 0.453 e. The van der Waals surface area contributed by atoms with E-state index in [1.54, 1.807) is 35.4 Å². The van der Waals surface area contributed by atoms with Crippen LogP contribution in [0.5, 0.6) is 0 Å². The van der Waals surface area contributed by atoms with E-state index in [1.807, 2.05) is 44.2 Å². The Kier molecular flexibility index (Phi) is 7.93. The monoisotopic (exact) mass is 679 g/mol. The number of aromatic nitrogens is 4. The van der Waals surface area contributed by atoms with E-state index >= 15 is 8.78 Å². The molecule has 2 aliphatic heterocycles. The van der Waals surface area contributed by atoms with Gasteiger partial charge in [-0.2, -0.15) is 8.78 Å². The highest BCUT2D eigenvalue weighted by Gasteiger charge is 2.45. The van der Waals surface area contributed by atoms with Crippen LogP contribution in [0.15, 0.2) is 60.8 Å². The maximum absolute atomic E-state index is 16.2. The topological polar surface area (TPSA) is 128 Å². The molecule has 50 heavy (non-hydrogen) atoms. The van der Waals surface area contributed by atoms with Gasteiger partial charge in [-0.05, 0) is 84.7 Å². The Hall–Kier alpha value is -5.10. The van der Waals surface area contributed by atoms with Crippen molar-refractivity contribution in [3.05, 3.63) is 83.6 Å². The first kappa shape index (κ1) is 32.1. The number of halogens is 2. The first-order chi connectivity index (χ1) is 24.1. The zero-order valence-corrected chi connectivity index (χ0v) is 28.1.